The largest absolute Gasteiger partial charge is 0.468 e. The second-order valence-corrected chi connectivity index (χ2v) is 11.4. The number of benzene rings is 3. The number of piperidine rings is 1. The summed E-state index contributed by atoms with van der Waals surface area (Å²) in [4.78, 5) is 64.6. The molecule has 3 aliphatic rings. The number of hydrogen-bond donors (Lipinski definition) is 3. The third-order valence-electron chi connectivity index (χ3n) is 8.79. The summed E-state index contributed by atoms with van der Waals surface area (Å²) < 4.78 is 15.5. The van der Waals surface area contributed by atoms with Gasteiger partial charge in [0.15, 0.2) is 0 Å². The molecule has 3 aromatic carbocycles. The van der Waals surface area contributed by atoms with Gasteiger partial charge in [-0.2, -0.15) is 0 Å². The Bertz CT molecular complexity index is 1600. The molecule has 0 radical (unpaired) electrons. The lowest BCUT2D eigenvalue weighted by atomic mass is 9.98. The van der Waals surface area contributed by atoms with E-state index in [1.165, 1.54) is 12.0 Å². The molecular formula is C34H34N4O8. The van der Waals surface area contributed by atoms with Crippen LogP contribution in [-0.2, 0) is 35.2 Å². The van der Waals surface area contributed by atoms with E-state index in [1.807, 2.05) is 78.9 Å². The van der Waals surface area contributed by atoms with E-state index >= 15 is 0 Å². The van der Waals surface area contributed by atoms with Crippen LogP contribution in [0.4, 0.5) is 9.59 Å². The lowest BCUT2D eigenvalue weighted by Crippen LogP contribution is -2.53. The molecule has 1 aliphatic heterocycles. The molecule has 2 aliphatic carbocycles. The summed E-state index contributed by atoms with van der Waals surface area (Å²) in [6.45, 7) is -0.414. The van der Waals surface area contributed by atoms with Crippen LogP contribution in [0.3, 0.4) is 0 Å². The number of nitrogens with one attached hydrogen (secondary N) is 3. The molecule has 12 nitrogen and oxygen atoms in total. The quantitative estimate of drug-likeness (QED) is 0.229. The monoisotopic (exact) mass is 626 g/mol. The van der Waals surface area contributed by atoms with Crippen LogP contribution < -0.4 is 16.0 Å². The highest BCUT2D eigenvalue weighted by atomic mass is 16.6. The van der Waals surface area contributed by atoms with E-state index < -0.39 is 48.6 Å². The van der Waals surface area contributed by atoms with Gasteiger partial charge in [-0.15, -0.1) is 0 Å². The van der Waals surface area contributed by atoms with E-state index in [-0.39, 0.29) is 44.1 Å². The van der Waals surface area contributed by atoms with Crippen molar-refractivity contribution in [2.75, 3.05) is 33.4 Å². The number of hydrogen-bond acceptors (Lipinski definition) is 8. The number of alkyl carbamates (subject to hydrolysis) is 2. The summed E-state index contributed by atoms with van der Waals surface area (Å²) >= 11 is 0. The maximum atomic E-state index is 13.3. The molecule has 4 atom stereocenters. The Hall–Kier alpha value is -5.39. The van der Waals surface area contributed by atoms with Gasteiger partial charge in [-0.1, -0.05) is 78.9 Å². The van der Waals surface area contributed by atoms with Crippen molar-refractivity contribution in [2.45, 2.75) is 24.6 Å². The fourth-order valence-corrected chi connectivity index (χ4v) is 6.53. The molecule has 1 saturated heterocycles. The number of carbonyl (C=O) groups excluding carboxylic acids is 5. The van der Waals surface area contributed by atoms with E-state index in [4.69, 9.17) is 9.47 Å². The van der Waals surface area contributed by atoms with Crippen molar-refractivity contribution in [3.63, 3.8) is 0 Å². The summed E-state index contributed by atoms with van der Waals surface area (Å²) in [5, 5.41) is 7.81. The van der Waals surface area contributed by atoms with E-state index in [0.717, 1.165) is 27.8 Å². The third-order valence-corrected chi connectivity index (χ3v) is 8.79. The first-order chi connectivity index (χ1) is 22.4. The highest BCUT2D eigenvalue weighted by Crippen LogP contribution is 2.50. The number of esters is 1. The molecule has 238 valence electrons. The molecule has 1 heterocycles. The van der Waals surface area contributed by atoms with Crippen LogP contribution in [0.5, 0.6) is 0 Å². The number of rotatable bonds is 10. The predicted octanol–water partition coefficient (Wildman–Crippen LogP) is 2.57. The van der Waals surface area contributed by atoms with Gasteiger partial charge in [0.05, 0.1) is 7.11 Å². The summed E-state index contributed by atoms with van der Waals surface area (Å²) in [5.41, 5.74) is 5.16. The predicted molar refractivity (Wildman–Crippen MR) is 164 cm³/mol. The SMILES string of the molecule is COC(=O)CNC(=O)[C@@H]1[C@@H]2[C@H](CN1C(=O)CNC(=O)OCC1c3ccccc3-c3ccccc31)[C@H]2NC(=O)OCc1ccccc1. The van der Waals surface area contributed by atoms with Crippen LogP contribution in [0.15, 0.2) is 78.9 Å². The van der Waals surface area contributed by atoms with Crippen molar-refractivity contribution in [1.29, 1.82) is 0 Å². The maximum Gasteiger partial charge on any atom is 0.407 e. The van der Waals surface area contributed by atoms with Gasteiger partial charge >= 0.3 is 18.2 Å². The zero-order chi connectivity index (χ0) is 32.2. The molecule has 0 aromatic heterocycles. The molecule has 3 N–H and O–H groups in total. The molecule has 0 unspecified atom stereocenters. The minimum atomic E-state index is -0.967. The van der Waals surface area contributed by atoms with Gasteiger partial charge in [0.25, 0.3) is 0 Å². The second-order valence-electron chi connectivity index (χ2n) is 11.4. The minimum Gasteiger partial charge on any atom is -0.468 e. The fourth-order valence-electron chi connectivity index (χ4n) is 6.53. The number of amides is 4. The zero-order valence-corrected chi connectivity index (χ0v) is 25.1. The van der Waals surface area contributed by atoms with Crippen LogP contribution in [0.25, 0.3) is 11.1 Å². The third kappa shape index (κ3) is 6.37. The molecule has 0 spiro atoms. The Labute approximate surface area is 265 Å². The Morgan fingerprint density at radius 3 is 2.11 bits per heavy atom. The Balaban J connectivity index is 1.03. The summed E-state index contributed by atoms with van der Waals surface area (Å²) in [7, 11) is 1.20. The first-order valence-electron chi connectivity index (χ1n) is 15.1. The number of ether oxygens (including phenoxy) is 3. The van der Waals surface area contributed by atoms with Crippen molar-refractivity contribution in [1.82, 2.24) is 20.9 Å². The van der Waals surface area contributed by atoms with Crippen LogP contribution in [0.1, 0.15) is 22.6 Å². The number of likely N-dealkylation sites (tertiary alicyclic amines) is 1. The standard InChI is InChI=1S/C34H34N4O8/c1-44-28(40)16-35-32(41)31-29-25(30(29)37-34(43)45-18-20-9-3-2-4-10-20)17-38(31)27(39)15-36-33(42)46-19-26-23-13-7-5-11-21(23)22-12-6-8-14-24(22)26/h2-14,25-26,29-31H,15-19H2,1H3,(H,35,41)(H,36,42)(H,37,43)/t25-,29+,30+,31-/m0/s1. The fraction of sp³-hybridized carbons (Fsp3) is 0.324. The van der Waals surface area contributed by atoms with Gasteiger partial charge < -0.3 is 35.1 Å². The van der Waals surface area contributed by atoms with Crippen LogP contribution in [0, 0.1) is 11.8 Å². The van der Waals surface area contributed by atoms with Gasteiger partial charge in [-0.3, -0.25) is 14.4 Å². The second kappa shape index (κ2) is 13.3. The number of methoxy groups -OCH3 is 1. The zero-order valence-electron chi connectivity index (χ0n) is 25.1. The van der Waals surface area contributed by atoms with Crippen molar-refractivity contribution < 1.29 is 38.2 Å². The normalized spacial score (nSPS) is 20.4. The summed E-state index contributed by atoms with van der Waals surface area (Å²) in [5.74, 6) is -2.42. The van der Waals surface area contributed by atoms with Gasteiger partial charge in [0.1, 0.15) is 32.3 Å². The summed E-state index contributed by atoms with van der Waals surface area (Å²) in [6, 6.07) is 23.8. The van der Waals surface area contributed by atoms with Crippen molar-refractivity contribution >= 4 is 30.0 Å². The van der Waals surface area contributed by atoms with Gasteiger partial charge in [-0.25, -0.2) is 9.59 Å². The average Bonchev–Trinajstić information content (AvgIpc) is 3.41. The van der Waals surface area contributed by atoms with Gasteiger partial charge in [-0.05, 0) is 27.8 Å². The van der Waals surface area contributed by atoms with E-state index in [1.54, 1.807) is 0 Å². The molecule has 6 rings (SSSR count). The molecule has 4 amide bonds. The first-order valence-corrected chi connectivity index (χ1v) is 15.1. The number of fused-ring (bicyclic) bond motifs is 4. The molecule has 1 saturated carbocycles. The Morgan fingerprint density at radius 2 is 1.43 bits per heavy atom. The van der Waals surface area contributed by atoms with E-state index in [9.17, 15) is 24.0 Å². The lowest BCUT2D eigenvalue weighted by Gasteiger charge is -2.28. The van der Waals surface area contributed by atoms with Crippen molar-refractivity contribution in [2.24, 2.45) is 11.8 Å². The lowest BCUT2D eigenvalue weighted by molar-refractivity contribution is -0.143. The van der Waals surface area contributed by atoms with Crippen molar-refractivity contribution in [3.05, 3.63) is 95.6 Å². The smallest absolute Gasteiger partial charge is 0.407 e. The molecular weight excluding hydrogens is 592 g/mol. The Morgan fingerprint density at radius 1 is 0.783 bits per heavy atom. The topological polar surface area (TPSA) is 152 Å². The minimum absolute atomic E-state index is 0.0872. The van der Waals surface area contributed by atoms with Gasteiger partial charge in [0.2, 0.25) is 11.8 Å². The van der Waals surface area contributed by atoms with Gasteiger partial charge in [0, 0.05) is 30.3 Å². The molecule has 0 bridgehead atoms. The molecule has 2 fully saturated rings. The van der Waals surface area contributed by atoms with Crippen LogP contribution in [0.2, 0.25) is 0 Å². The van der Waals surface area contributed by atoms with Crippen molar-refractivity contribution in [3.8, 4) is 11.1 Å². The first kappa shape index (κ1) is 30.6. The van der Waals surface area contributed by atoms with Crippen LogP contribution >= 0.6 is 0 Å². The molecule has 12 heteroatoms. The number of carbonyl (C=O) groups is 5. The average molecular weight is 627 g/mol. The summed E-state index contributed by atoms with van der Waals surface area (Å²) in [6.07, 6.45) is -1.39. The molecule has 3 aromatic rings. The number of nitrogens with zero attached hydrogens (tertiary/aromatic N) is 1. The van der Waals surface area contributed by atoms with E-state index in [2.05, 4.69) is 20.7 Å². The highest BCUT2D eigenvalue weighted by molar-refractivity contribution is 5.93. The van der Waals surface area contributed by atoms with E-state index in [0.29, 0.717) is 0 Å². The maximum absolute atomic E-state index is 13.3. The van der Waals surface area contributed by atoms with Crippen LogP contribution in [-0.4, -0.2) is 80.3 Å². The highest BCUT2D eigenvalue weighted by Gasteiger charge is 2.65. The molecule has 46 heavy (non-hydrogen) atoms. The Kier molecular flexibility index (Phi) is 8.86.